The van der Waals surface area contributed by atoms with Crippen molar-refractivity contribution in [1.82, 2.24) is 5.32 Å². The largest absolute Gasteiger partial charge is 0.378 e. The second-order valence-electron chi connectivity index (χ2n) is 6.52. The molecule has 1 atom stereocenters. The van der Waals surface area contributed by atoms with E-state index in [0.29, 0.717) is 0 Å². The molecule has 0 fully saturated rings. The predicted molar refractivity (Wildman–Crippen MR) is 102 cm³/mol. The van der Waals surface area contributed by atoms with Crippen LogP contribution in [0.2, 0.25) is 0 Å². The molecule has 4 nitrogen and oxygen atoms in total. The Morgan fingerprint density at radius 3 is 2.33 bits per heavy atom. The Bertz CT molecular complexity index is 697. The van der Waals surface area contributed by atoms with Gasteiger partial charge in [0.25, 0.3) is 0 Å². The highest BCUT2D eigenvalue weighted by molar-refractivity contribution is 5.91. The number of rotatable bonds is 5. The summed E-state index contributed by atoms with van der Waals surface area (Å²) in [5.74, 6) is 0. The van der Waals surface area contributed by atoms with Gasteiger partial charge in [-0.1, -0.05) is 37.3 Å². The molecule has 0 spiro atoms. The predicted octanol–water partition coefficient (Wildman–Crippen LogP) is 4.51. The smallest absolute Gasteiger partial charge is 0.319 e. The monoisotopic (exact) mass is 325 g/mol. The fourth-order valence-electron chi connectivity index (χ4n) is 2.64. The van der Waals surface area contributed by atoms with Crippen LogP contribution in [0.1, 0.15) is 31.4 Å². The van der Waals surface area contributed by atoms with E-state index < -0.39 is 5.54 Å². The number of benzene rings is 2. The normalized spacial score (nSPS) is 13.0. The molecular formula is C20H27N3O. The van der Waals surface area contributed by atoms with E-state index in [1.54, 1.807) is 0 Å². The summed E-state index contributed by atoms with van der Waals surface area (Å²) in [4.78, 5) is 14.5. The molecule has 0 aliphatic carbocycles. The van der Waals surface area contributed by atoms with Crippen molar-refractivity contribution in [1.29, 1.82) is 0 Å². The number of hydrogen-bond acceptors (Lipinski definition) is 2. The van der Waals surface area contributed by atoms with Crippen LogP contribution < -0.4 is 15.5 Å². The Labute approximate surface area is 144 Å². The van der Waals surface area contributed by atoms with E-state index >= 15 is 0 Å². The Morgan fingerprint density at radius 1 is 1.12 bits per heavy atom. The molecule has 0 saturated carbocycles. The molecule has 0 radical (unpaired) electrons. The second-order valence-corrected chi connectivity index (χ2v) is 6.52. The average Bonchev–Trinajstić information content (AvgIpc) is 2.57. The minimum Gasteiger partial charge on any atom is -0.378 e. The summed E-state index contributed by atoms with van der Waals surface area (Å²) in [6, 6.07) is 15.9. The van der Waals surface area contributed by atoms with E-state index in [4.69, 9.17) is 0 Å². The van der Waals surface area contributed by atoms with E-state index in [2.05, 4.69) is 23.6 Å². The molecule has 2 N–H and O–H groups in total. The molecule has 4 heteroatoms. The first-order chi connectivity index (χ1) is 11.4. The van der Waals surface area contributed by atoms with Crippen molar-refractivity contribution in [2.45, 2.75) is 32.7 Å². The first-order valence-corrected chi connectivity index (χ1v) is 8.28. The Kier molecular flexibility index (Phi) is 5.50. The fraction of sp³-hybridized carbons (Fsp3) is 0.350. The summed E-state index contributed by atoms with van der Waals surface area (Å²) in [5.41, 5.74) is 3.67. The van der Waals surface area contributed by atoms with E-state index in [0.717, 1.165) is 28.9 Å². The zero-order chi connectivity index (χ0) is 17.7. The maximum Gasteiger partial charge on any atom is 0.319 e. The number of carbonyl (C=O) groups is 1. The van der Waals surface area contributed by atoms with Crippen molar-refractivity contribution in [2.75, 3.05) is 24.3 Å². The molecule has 2 amide bonds. The van der Waals surface area contributed by atoms with E-state index in [9.17, 15) is 4.79 Å². The van der Waals surface area contributed by atoms with Gasteiger partial charge >= 0.3 is 6.03 Å². The molecule has 2 aromatic rings. The van der Waals surface area contributed by atoms with E-state index in [1.807, 2.05) is 75.3 Å². The van der Waals surface area contributed by atoms with Crippen molar-refractivity contribution in [2.24, 2.45) is 0 Å². The lowest BCUT2D eigenvalue weighted by molar-refractivity contribution is 0.238. The Balaban J connectivity index is 2.12. The first-order valence-electron chi connectivity index (χ1n) is 8.28. The molecule has 0 aromatic heterocycles. The number of aryl methyl sites for hydroxylation is 1. The van der Waals surface area contributed by atoms with Gasteiger partial charge in [0.05, 0.1) is 5.54 Å². The van der Waals surface area contributed by atoms with Gasteiger partial charge < -0.3 is 15.5 Å². The third-order valence-electron chi connectivity index (χ3n) is 4.48. The average molecular weight is 325 g/mol. The molecule has 128 valence electrons. The third kappa shape index (κ3) is 4.07. The van der Waals surface area contributed by atoms with Crippen LogP contribution in [0.3, 0.4) is 0 Å². The summed E-state index contributed by atoms with van der Waals surface area (Å²) in [7, 11) is 4.00. The van der Waals surface area contributed by atoms with Crippen molar-refractivity contribution < 1.29 is 4.79 Å². The number of carbonyl (C=O) groups excluding carboxylic acids is 1. The summed E-state index contributed by atoms with van der Waals surface area (Å²) < 4.78 is 0. The molecule has 0 heterocycles. The standard InChI is InChI=1S/C20H27N3O/c1-6-20(3,16-10-8-7-9-11-16)22-19(24)21-18-13-12-17(23(4)5)14-15(18)2/h7-14H,6H2,1-5H3,(H2,21,22,24). The Hall–Kier alpha value is -2.49. The number of urea groups is 1. The minimum atomic E-state index is -0.400. The number of anilines is 2. The van der Waals surface area contributed by atoms with Crippen LogP contribution in [0.5, 0.6) is 0 Å². The molecule has 2 aromatic carbocycles. The van der Waals surface area contributed by atoms with Gasteiger partial charge in [0.15, 0.2) is 0 Å². The molecule has 0 aliphatic rings. The molecular weight excluding hydrogens is 298 g/mol. The minimum absolute atomic E-state index is 0.191. The van der Waals surface area contributed by atoms with Crippen molar-refractivity contribution in [3.05, 3.63) is 59.7 Å². The third-order valence-corrected chi connectivity index (χ3v) is 4.48. The summed E-state index contributed by atoms with van der Waals surface area (Å²) in [6.07, 6.45) is 0.809. The van der Waals surface area contributed by atoms with E-state index in [-0.39, 0.29) is 6.03 Å². The van der Waals surface area contributed by atoms with Crippen LogP contribution in [0.4, 0.5) is 16.2 Å². The summed E-state index contributed by atoms with van der Waals surface area (Å²) in [5, 5.41) is 6.08. The van der Waals surface area contributed by atoms with Crippen LogP contribution in [-0.4, -0.2) is 20.1 Å². The Morgan fingerprint density at radius 2 is 1.79 bits per heavy atom. The van der Waals surface area contributed by atoms with Gasteiger partial charge in [-0.15, -0.1) is 0 Å². The summed E-state index contributed by atoms with van der Waals surface area (Å²) in [6.45, 7) is 6.12. The number of hydrogen-bond donors (Lipinski definition) is 2. The number of nitrogens with one attached hydrogen (secondary N) is 2. The van der Waals surface area contributed by atoms with Crippen LogP contribution >= 0.6 is 0 Å². The van der Waals surface area contributed by atoms with Crippen molar-refractivity contribution in [3.8, 4) is 0 Å². The second kappa shape index (κ2) is 7.39. The van der Waals surface area contributed by atoms with E-state index in [1.165, 1.54) is 0 Å². The number of nitrogens with zero attached hydrogens (tertiary/aromatic N) is 1. The van der Waals surface area contributed by atoms with Crippen molar-refractivity contribution in [3.63, 3.8) is 0 Å². The maximum absolute atomic E-state index is 12.5. The zero-order valence-electron chi connectivity index (χ0n) is 15.2. The van der Waals surface area contributed by atoms with Gasteiger partial charge in [-0.3, -0.25) is 0 Å². The highest BCUT2D eigenvalue weighted by atomic mass is 16.2. The zero-order valence-corrected chi connectivity index (χ0v) is 15.2. The van der Waals surface area contributed by atoms with Crippen LogP contribution in [0.25, 0.3) is 0 Å². The molecule has 24 heavy (non-hydrogen) atoms. The van der Waals surface area contributed by atoms with Gasteiger partial charge in [0.1, 0.15) is 0 Å². The molecule has 1 unspecified atom stereocenters. The SMILES string of the molecule is CCC(C)(NC(=O)Nc1ccc(N(C)C)cc1C)c1ccccc1. The molecule has 0 saturated heterocycles. The van der Waals surface area contributed by atoms with Gasteiger partial charge in [-0.25, -0.2) is 4.79 Å². The fourth-order valence-corrected chi connectivity index (χ4v) is 2.64. The van der Waals surface area contributed by atoms with Gasteiger partial charge in [-0.2, -0.15) is 0 Å². The highest BCUT2D eigenvalue weighted by Gasteiger charge is 2.26. The lowest BCUT2D eigenvalue weighted by atomic mass is 9.89. The van der Waals surface area contributed by atoms with Crippen molar-refractivity contribution >= 4 is 17.4 Å². The van der Waals surface area contributed by atoms with Gasteiger partial charge in [0.2, 0.25) is 0 Å². The molecule has 0 bridgehead atoms. The number of amides is 2. The molecule has 2 rings (SSSR count). The quantitative estimate of drug-likeness (QED) is 0.849. The van der Waals surface area contributed by atoms with Gasteiger partial charge in [-0.05, 0) is 49.6 Å². The molecule has 0 aliphatic heterocycles. The maximum atomic E-state index is 12.5. The summed E-state index contributed by atoms with van der Waals surface area (Å²) >= 11 is 0. The lowest BCUT2D eigenvalue weighted by Gasteiger charge is -2.30. The first kappa shape index (κ1) is 17.9. The lowest BCUT2D eigenvalue weighted by Crippen LogP contribution is -2.45. The van der Waals surface area contributed by atoms with Gasteiger partial charge in [0, 0.05) is 25.5 Å². The van der Waals surface area contributed by atoms with Crippen LogP contribution in [-0.2, 0) is 5.54 Å². The van der Waals surface area contributed by atoms with Crippen LogP contribution in [0.15, 0.2) is 48.5 Å². The highest BCUT2D eigenvalue weighted by Crippen LogP contribution is 2.25. The topological polar surface area (TPSA) is 44.4 Å². The van der Waals surface area contributed by atoms with Crippen LogP contribution in [0, 0.1) is 6.92 Å².